The quantitative estimate of drug-likeness (QED) is 0.313. The molecule has 1 atom stereocenters. The highest BCUT2D eigenvalue weighted by molar-refractivity contribution is 6.00. The maximum absolute atomic E-state index is 10.5. The second-order valence-corrected chi connectivity index (χ2v) is 2.28. The molecule has 0 aromatic rings. The van der Waals surface area contributed by atoms with Gasteiger partial charge in [0.15, 0.2) is 6.23 Å². The van der Waals surface area contributed by atoms with Crippen LogP contribution in [0.1, 0.15) is 6.92 Å². The first kappa shape index (κ1) is 8.12. The molecule has 0 spiro atoms. The molecule has 0 bridgehead atoms. The average molecular weight is 160 g/mol. The van der Waals surface area contributed by atoms with Gasteiger partial charge in [-0.1, -0.05) is 0 Å². The molecular weight excluding hydrogens is 152 g/mol. The number of nitrogens with zero attached hydrogens (tertiary/aromatic N) is 1. The molecule has 2 amide bonds. The van der Waals surface area contributed by atoms with Crippen molar-refractivity contribution in [1.29, 1.82) is 0 Å². The Morgan fingerprint density at radius 3 is 2.64 bits per heavy atom. The van der Waals surface area contributed by atoms with Crippen LogP contribution in [0.3, 0.4) is 0 Å². The molecule has 0 aliphatic carbocycles. The first-order chi connectivity index (χ1) is 4.94. The summed E-state index contributed by atoms with van der Waals surface area (Å²) in [6.45, 7) is 1.24. The molecule has 6 heteroatoms. The van der Waals surface area contributed by atoms with E-state index in [1.165, 1.54) is 6.92 Å². The molecule has 0 radical (unpaired) electrons. The number of aliphatic hydroxyl groups excluding tert-OH is 1. The summed E-state index contributed by atoms with van der Waals surface area (Å²) >= 11 is 0. The summed E-state index contributed by atoms with van der Waals surface area (Å²) in [5.74, 6) is -2.45. The number of hydrogen-bond donors (Lipinski definition) is 4. The highest BCUT2D eigenvalue weighted by Crippen LogP contribution is 2.11. The molecule has 1 unspecified atom stereocenters. The van der Waals surface area contributed by atoms with Crippen molar-refractivity contribution >= 4 is 11.7 Å². The van der Waals surface area contributed by atoms with Crippen molar-refractivity contribution < 1.29 is 20.1 Å². The molecule has 0 aromatic carbocycles. The molecule has 11 heavy (non-hydrogen) atoms. The second kappa shape index (κ2) is 2.26. The van der Waals surface area contributed by atoms with E-state index >= 15 is 0 Å². The summed E-state index contributed by atoms with van der Waals surface area (Å²) < 4.78 is 0. The van der Waals surface area contributed by atoms with Gasteiger partial charge in [-0.3, -0.25) is 0 Å². The molecule has 0 fully saturated rings. The smallest absolute Gasteiger partial charge is 0.343 e. The lowest BCUT2D eigenvalue weighted by atomic mass is 10.1. The normalized spacial score (nSPS) is 29.3. The van der Waals surface area contributed by atoms with Crippen LogP contribution < -0.4 is 5.32 Å². The van der Waals surface area contributed by atoms with Gasteiger partial charge in [0.1, 0.15) is 0 Å². The van der Waals surface area contributed by atoms with Gasteiger partial charge in [-0.25, -0.2) is 4.79 Å². The number of urea groups is 1. The fraction of sp³-hybridized carbons (Fsp3) is 0.600. The van der Waals surface area contributed by atoms with Gasteiger partial charge in [0.2, 0.25) is 5.79 Å². The minimum absolute atomic E-state index is 0.228. The molecule has 4 N–H and O–H groups in total. The Balaban J connectivity index is 2.99. The molecule has 1 aliphatic heterocycles. The Morgan fingerprint density at radius 1 is 1.64 bits per heavy atom. The Labute approximate surface area is 62.2 Å². The van der Waals surface area contributed by atoms with Gasteiger partial charge < -0.3 is 20.6 Å². The van der Waals surface area contributed by atoms with E-state index in [-0.39, 0.29) is 5.71 Å². The number of aliphatic imine (C=N–C) groups is 1. The van der Waals surface area contributed by atoms with Gasteiger partial charge in [0.25, 0.3) is 0 Å². The molecule has 1 rings (SSSR count). The molecule has 0 saturated carbocycles. The third-order valence-electron chi connectivity index (χ3n) is 1.44. The van der Waals surface area contributed by atoms with Crippen molar-refractivity contribution in [3.63, 3.8) is 0 Å². The van der Waals surface area contributed by atoms with Crippen LogP contribution in [0, 0.1) is 0 Å². The monoisotopic (exact) mass is 160 g/mol. The van der Waals surface area contributed by atoms with E-state index in [9.17, 15) is 4.79 Å². The SMILES string of the molecule is CC1=NC(=O)NC(O)C1(O)O. The summed E-state index contributed by atoms with van der Waals surface area (Å²) in [7, 11) is 0. The number of rotatable bonds is 0. The summed E-state index contributed by atoms with van der Waals surface area (Å²) in [4.78, 5) is 13.7. The second-order valence-electron chi connectivity index (χ2n) is 2.28. The third-order valence-corrected chi connectivity index (χ3v) is 1.44. The first-order valence-electron chi connectivity index (χ1n) is 2.93. The van der Waals surface area contributed by atoms with Crippen LogP contribution in [0.4, 0.5) is 4.79 Å². The predicted molar refractivity (Wildman–Crippen MR) is 34.8 cm³/mol. The lowest BCUT2D eigenvalue weighted by Crippen LogP contribution is -2.59. The number of amides is 2. The van der Waals surface area contributed by atoms with Crippen LogP contribution in [0.25, 0.3) is 0 Å². The average Bonchev–Trinajstić information content (AvgIpc) is 1.84. The summed E-state index contributed by atoms with van der Waals surface area (Å²) in [5.41, 5.74) is -0.228. The summed E-state index contributed by atoms with van der Waals surface area (Å²) in [6, 6.07) is -0.784. The van der Waals surface area contributed by atoms with Crippen LogP contribution in [0.5, 0.6) is 0 Å². The number of carbonyl (C=O) groups excluding carboxylic acids is 1. The number of carbonyl (C=O) groups is 1. The third kappa shape index (κ3) is 1.23. The van der Waals surface area contributed by atoms with Gasteiger partial charge >= 0.3 is 6.03 Å². The van der Waals surface area contributed by atoms with Gasteiger partial charge in [-0.2, -0.15) is 4.99 Å². The van der Waals surface area contributed by atoms with Crippen molar-refractivity contribution in [3.8, 4) is 0 Å². The number of nitrogens with one attached hydrogen (secondary N) is 1. The Bertz CT molecular complexity index is 223. The van der Waals surface area contributed by atoms with E-state index in [1.807, 2.05) is 5.32 Å². The van der Waals surface area contributed by atoms with Crippen molar-refractivity contribution in [1.82, 2.24) is 5.32 Å². The molecule has 62 valence electrons. The minimum atomic E-state index is -2.45. The van der Waals surface area contributed by atoms with Crippen molar-refractivity contribution in [3.05, 3.63) is 0 Å². The fourth-order valence-corrected chi connectivity index (χ4v) is 0.682. The zero-order valence-electron chi connectivity index (χ0n) is 5.77. The van der Waals surface area contributed by atoms with E-state index in [0.717, 1.165) is 0 Å². The summed E-state index contributed by atoms with van der Waals surface area (Å²) in [6.07, 6.45) is -1.72. The molecule has 1 aliphatic rings. The maximum atomic E-state index is 10.5. The van der Waals surface area contributed by atoms with Crippen LogP contribution in [0.2, 0.25) is 0 Å². The predicted octanol–water partition coefficient (Wildman–Crippen LogP) is -1.83. The highest BCUT2D eigenvalue weighted by atomic mass is 16.5. The Hall–Kier alpha value is -0.980. The highest BCUT2D eigenvalue weighted by Gasteiger charge is 2.41. The van der Waals surface area contributed by atoms with Crippen LogP contribution in [-0.2, 0) is 0 Å². The lowest BCUT2D eigenvalue weighted by molar-refractivity contribution is -0.180. The maximum Gasteiger partial charge on any atom is 0.343 e. The fourth-order valence-electron chi connectivity index (χ4n) is 0.682. The van der Waals surface area contributed by atoms with E-state index in [2.05, 4.69) is 4.99 Å². The summed E-state index contributed by atoms with van der Waals surface area (Å²) in [5, 5.41) is 28.7. The van der Waals surface area contributed by atoms with E-state index in [1.54, 1.807) is 0 Å². The van der Waals surface area contributed by atoms with Gasteiger partial charge in [0.05, 0.1) is 5.71 Å². The minimum Gasteiger partial charge on any atom is -0.368 e. The zero-order valence-corrected chi connectivity index (χ0v) is 5.77. The molecule has 1 heterocycles. The van der Waals surface area contributed by atoms with Gasteiger partial charge in [-0.05, 0) is 6.92 Å². The Morgan fingerprint density at radius 2 is 2.18 bits per heavy atom. The van der Waals surface area contributed by atoms with Crippen molar-refractivity contribution in [2.24, 2.45) is 4.99 Å². The van der Waals surface area contributed by atoms with E-state index < -0.39 is 18.0 Å². The van der Waals surface area contributed by atoms with E-state index in [0.29, 0.717) is 0 Å². The molecular formula is C5H8N2O4. The molecule has 6 nitrogen and oxygen atoms in total. The van der Waals surface area contributed by atoms with Crippen LogP contribution in [-0.4, -0.2) is 39.1 Å². The van der Waals surface area contributed by atoms with Crippen molar-refractivity contribution in [2.75, 3.05) is 0 Å². The number of aliphatic hydroxyl groups is 3. The molecule has 0 saturated heterocycles. The largest absolute Gasteiger partial charge is 0.368 e. The zero-order chi connectivity index (χ0) is 8.65. The standard InChI is InChI=1S/C5H8N2O4/c1-2-5(10,11)3(8)7-4(9)6-2/h3,8,10-11H,1H3,(H,7,9). The number of hydrogen-bond acceptors (Lipinski definition) is 4. The lowest BCUT2D eigenvalue weighted by Gasteiger charge is -2.30. The topological polar surface area (TPSA) is 102 Å². The van der Waals surface area contributed by atoms with Crippen LogP contribution >= 0.6 is 0 Å². The van der Waals surface area contributed by atoms with Gasteiger partial charge in [-0.15, -0.1) is 0 Å². The van der Waals surface area contributed by atoms with Crippen LogP contribution in [0.15, 0.2) is 4.99 Å². The first-order valence-corrected chi connectivity index (χ1v) is 2.93. The van der Waals surface area contributed by atoms with E-state index in [4.69, 9.17) is 15.3 Å². The van der Waals surface area contributed by atoms with Gasteiger partial charge in [0, 0.05) is 0 Å². The molecule has 0 aromatic heterocycles. The Kier molecular flexibility index (Phi) is 1.67. The van der Waals surface area contributed by atoms with Crippen molar-refractivity contribution in [2.45, 2.75) is 18.9 Å².